The lowest BCUT2D eigenvalue weighted by Gasteiger charge is -2.34. The van der Waals surface area contributed by atoms with Gasteiger partial charge in [-0.15, -0.1) is 0 Å². The van der Waals surface area contributed by atoms with Gasteiger partial charge in [0.1, 0.15) is 11.9 Å². The van der Waals surface area contributed by atoms with Crippen molar-refractivity contribution in [3.8, 4) is 0 Å². The van der Waals surface area contributed by atoms with E-state index in [1.165, 1.54) is 0 Å². The maximum absolute atomic E-state index is 11.9. The van der Waals surface area contributed by atoms with Crippen LogP contribution in [-0.2, 0) is 9.53 Å². The van der Waals surface area contributed by atoms with Gasteiger partial charge in [-0.25, -0.2) is 4.79 Å². The van der Waals surface area contributed by atoms with Crippen molar-refractivity contribution in [3.05, 3.63) is 0 Å². The standard InChI is InChI=1S/C13H23NO3/c1-13(2,3)17-12(16)14-8-4-6-11(10-14)7-5-9-15/h9,11H,4-8,10H2,1-3H3. The Morgan fingerprint density at radius 3 is 2.76 bits per heavy atom. The van der Waals surface area contributed by atoms with Crippen molar-refractivity contribution in [2.24, 2.45) is 5.92 Å². The van der Waals surface area contributed by atoms with Crippen LogP contribution in [0.25, 0.3) is 0 Å². The van der Waals surface area contributed by atoms with Gasteiger partial charge in [-0.3, -0.25) is 0 Å². The van der Waals surface area contributed by atoms with Crippen LogP contribution in [0.2, 0.25) is 0 Å². The molecule has 1 heterocycles. The summed E-state index contributed by atoms with van der Waals surface area (Å²) >= 11 is 0. The lowest BCUT2D eigenvalue weighted by molar-refractivity contribution is -0.108. The van der Waals surface area contributed by atoms with Crippen molar-refractivity contribution in [2.45, 2.75) is 52.1 Å². The first-order chi connectivity index (χ1) is 7.92. The smallest absolute Gasteiger partial charge is 0.410 e. The molecule has 0 N–H and O–H groups in total. The lowest BCUT2D eigenvalue weighted by Crippen LogP contribution is -2.42. The van der Waals surface area contributed by atoms with Crippen LogP contribution < -0.4 is 0 Å². The van der Waals surface area contributed by atoms with Crippen molar-refractivity contribution in [1.82, 2.24) is 4.90 Å². The highest BCUT2D eigenvalue weighted by Crippen LogP contribution is 2.22. The number of carbonyl (C=O) groups excluding carboxylic acids is 2. The maximum atomic E-state index is 11.9. The Kier molecular flexibility index (Phi) is 4.97. The van der Waals surface area contributed by atoms with E-state index in [4.69, 9.17) is 4.74 Å². The summed E-state index contributed by atoms with van der Waals surface area (Å²) in [6, 6.07) is 0. The summed E-state index contributed by atoms with van der Waals surface area (Å²) in [5.41, 5.74) is -0.438. The predicted octanol–water partition coefficient (Wildman–Crippen LogP) is 2.61. The fourth-order valence-electron chi connectivity index (χ4n) is 2.10. The van der Waals surface area contributed by atoms with Crippen LogP contribution in [0.15, 0.2) is 0 Å². The minimum atomic E-state index is -0.438. The van der Waals surface area contributed by atoms with Gasteiger partial charge in [-0.05, 0) is 46.0 Å². The average Bonchev–Trinajstić information content (AvgIpc) is 2.24. The Bertz CT molecular complexity index is 270. The van der Waals surface area contributed by atoms with E-state index in [1.807, 2.05) is 20.8 Å². The molecule has 0 aliphatic carbocycles. The third kappa shape index (κ3) is 5.20. The third-order valence-corrected chi connectivity index (χ3v) is 2.86. The predicted molar refractivity (Wildman–Crippen MR) is 65.8 cm³/mol. The molecule has 1 aliphatic rings. The van der Waals surface area contributed by atoms with E-state index in [1.54, 1.807) is 4.90 Å². The van der Waals surface area contributed by atoms with Crippen LogP contribution in [0.3, 0.4) is 0 Å². The second kappa shape index (κ2) is 6.03. The van der Waals surface area contributed by atoms with E-state index in [-0.39, 0.29) is 6.09 Å². The highest BCUT2D eigenvalue weighted by molar-refractivity contribution is 5.68. The van der Waals surface area contributed by atoms with Crippen molar-refractivity contribution in [3.63, 3.8) is 0 Å². The number of amides is 1. The first kappa shape index (κ1) is 14.0. The fraction of sp³-hybridized carbons (Fsp3) is 0.846. The molecule has 1 atom stereocenters. The molecule has 0 aromatic rings. The van der Waals surface area contributed by atoms with Crippen LogP contribution in [0, 0.1) is 5.92 Å². The number of piperidine rings is 1. The van der Waals surface area contributed by atoms with E-state index >= 15 is 0 Å². The molecule has 1 saturated heterocycles. The number of rotatable bonds is 3. The number of nitrogens with zero attached hydrogens (tertiary/aromatic N) is 1. The normalized spacial score (nSPS) is 21.1. The van der Waals surface area contributed by atoms with Gasteiger partial charge in [-0.1, -0.05) is 0 Å². The Hall–Kier alpha value is -1.06. The Labute approximate surface area is 103 Å². The van der Waals surface area contributed by atoms with Crippen molar-refractivity contribution in [2.75, 3.05) is 13.1 Å². The molecule has 0 saturated carbocycles. The number of hydrogen-bond donors (Lipinski definition) is 0. The zero-order chi connectivity index (χ0) is 12.9. The summed E-state index contributed by atoms with van der Waals surface area (Å²) in [5.74, 6) is 0.446. The molecule has 4 heteroatoms. The molecular weight excluding hydrogens is 218 g/mol. The minimum absolute atomic E-state index is 0.228. The number of carbonyl (C=O) groups is 2. The van der Waals surface area contributed by atoms with Gasteiger partial charge in [0.05, 0.1) is 0 Å². The minimum Gasteiger partial charge on any atom is -0.444 e. The van der Waals surface area contributed by atoms with E-state index in [0.717, 1.165) is 38.6 Å². The fourth-order valence-corrected chi connectivity index (χ4v) is 2.10. The molecule has 1 amide bonds. The molecule has 98 valence electrons. The zero-order valence-electron chi connectivity index (χ0n) is 11.1. The Balaban J connectivity index is 2.43. The van der Waals surface area contributed by atoms with E-state index in [9.17, 15) is 9.59 Å². The summed E-state index contributed by atoms with van der Waals surface area (Å²) in [5, 5.41) is 0. The van der Waals surface area contributed by atoms with Crippen molar-refractivity contribution < 1.29 is 14.3 Å². The van der Waals surface area contributed by atoms with Gasteiger partial charge >= 0.3 is 6.09 Å². The molecule has 0 aromatic carbocycles. The molecule has 1 aliphatic heterocycles. The van der Waals surface area contributed by atoms with E-state index in [2.05, 4.69) is 0 Å². The van der Waals surface area contributed by atoms with Crippen LogP contribution in [-0.4, -0.2) is 36.0 Å². The Morgan fingerprint density at radius 2 is 2.18 bits per heavy atom. The quantitative estimate of drug-likeness (QED) is 0.713. The molecule has 0 bridgehead atoms. The molecular formula is C13H23NO3. The first-order valence-electron chi connectivity index (χ1n) is 6.34. The Morgan fingerprint density at radius 1 is 1.47 bits per heavy atom. The lowest BCUT2D eigenvalue weighted by atomic mass is 9.94. The van der Waals surface area contributed by atoms with Crippen LogP contribution in [0.1, 0.15) is 46.5 Å². The monoisotopic (exact) mass is 241 g/mol. The van der Waals surface area contributed by atoms with Crippen molar-refractivity contribution in [1.29, 1.82) is 0 Å². The number of ether oxygens (including phenoxy) is 1. The number of hydrogen-bond acceptors (Lipinski definition) is 3. The van der Waals surface area contributed by atoms with Gasteiger partial charge in [-0.2, -0.15) is 0 Å². The number of likely N-dealkylation sites (tertiary alicyclic amines) is 1. The summed E-state index contributed by atoms with van der Waals surface area (Å²) in [7, 11) is 0. The molecule has 0 aromatic heterocycles. The van der Waals surface area contributed by atoms with Crippen molar-refractivity contribution >= 4 is 12.4 Å². The summed E-state index contributed by atoms with van der Waals surface area (Å²) in [4.78, 5) is 24.0. The molecule has 17 heavy (non-hydrogen) atoms. The molecule has 0 spiro atoms. The molecule has 1 rings (SSSR count). The summed E-state index contributed by atoms with van der Waals surface area (Å²) in [6.45, 7) is 7.12. The topological polar surface area (TPSA) is 46.6 Å². The van der Waals surface area contributed by atoms with Crippen LogP contribution in [0.5, 0.6) is 0 Å². The molecule has 0 radical (unpaired) electrons. The highest BCUT2D eigenvalue weighted by Gasteiger charge is 2.27. The molecule has 4 nitrogen and oxygen atoms in total. The van der Waals surface area contributed by atoms with E-state index in [0.29, 0.717) is 12.3 Å². The van der Waals surface area contributed by atoms with E-state index < -0.39 is 5.60 Å². The second-order valence-electron chi connectivity index (χ2n) is 5.68. The van der Waals surface area contributed by atoms with Gasteiger partial charge in [0.25, 0.3) is 0 Å². The van der Waals surface area contributed by atoms with Gasteiger partial charge in [0.2, 0.25) is 0 Å². The summed E-state index contributed by atoms with van der Waals surface area (Å²) < 4.78 is 5.35. The van der Waals surface area contributed by atoms with Gasteiger partial charge < -0.3 is 14.4 Å². The van der Waals surface area contributed by atoms with Gasteiger partial charge in [0.15, 0.2) is 0 Å². The zero-order valence-corrected chi connectivity index (χ0v) is 11.1. The second-order valence-corrected chi connectivity index (χ2v) is 5.68. The first-order valence-corrected chi connectivity index (χ1v) is 6.34. The largest absolute Gasteiger partial charge is 0.444 e. The average molecular weight is 241 g/mol. The maximum Gasteiger partial charge on any atom is 0.410 e. The summed E-state index contributed by atoms with van der Waals surface area (Å²) in [6.07, 6.45) is 4.30. The molecule has 1 unspecified atom stereocenters. The number of aldehydes is 1. The third-order valence-electron chi connectivity index (χ3n) is 2.86. The SMILES string of the molecule is CC(C)(C)OC(=O)N1CCCC(CCC=O)C1. The molecule has 1 fully saturated rings. The van der Waals surface area contributed by atoms with Crippen LogP contribution in [0.4, 0.5) is 4.79 Å². The van der Waals surface area contributed by atoms with Gasteiger partial charge in [0, 0.05) is 19.5 Å². The highest BCUT2D eigenvalue weighted by atomic mass is 16.6. The van der Waals surface area contributed by atoms with Crippen LogP contribution >= 0.6 is 0 Å².